The van der Waals surface area contributed by atoms with Crippen molar-refractivity contribution < 1.29 is 13.9 Å². The summed E-state index contributed by atoms with van der Waals surface area (Å²) in [5.74, 6) is 0.878. The molecule has 0 spiro atoms. The number of anilines is 1. The van der Waals surface area contributed by atoms with Crippen molar-refractivity contribution in [2.75, 3.05) is 38.3 Å². The van der Waals surface area contributed by atoms with Crippen LogP contribution in [-0.4, -0.2) is 56.4 Å². The molecule has 0 bridgehead atoms. The fraction of sp³-hybridized carbons (Fsp3) is 0.500. The molecule has 2 aliphatic rings. The molecule has 1 aromatic heterocycles. The molecule has 8 heteroatoms. The van der Waals surface area contributed by atoms with Crippen molar-refractivity contribution in [1.82, 2.24) is 15.6 Å². The highest BCUT2D eigenvalue weighted by atomic mass is 19.1. The molecule has 1 unspecified atom stereocenters. The highest BCUT2D eigenvalue weighted by molar-refractivity contribution is 5.80. The number of aromatic nitrogens is 1. The number of hydrogen-bond donors (Lipinski definition) is 2. The monoisotopic (exact) mass is 441 g/mol. The SMILES string of the molecule is CN=C(NCc1ccc(COC2CCOCC2)cc1)NC1CCN(c2ncccc2F)C1. The van der Waals surface area contributed by atoms with Gasteiger partial charge < -0.3 is 25.0 Å². The smallest absolute Gasteiger partial charge is 0.191 e. The Morgan fingerprint density at radius 1 is 1.19 bits per heavy atom. The van der Waals surface area contributed by atoms with Gasteiger partial charge in [-0.2, -0.15) is 0 Å². The van der Waals surface area contributed by atoms with E-state index in [1.807, 2.05) is 4.90 Å². The molecule has 32 heavy (non-hydrogen) atoms. The lowest BCUT2D eigenvalue weighted by Gasteiger charge is -2.22. The van der Waals surface area contributed by atoms with E-state index < -0.39 is 0 Å². The van der Waals surface area contributed by atoms with Gasteiger partial charge in [-0.3, -0.25) is 4.99 Å². The number of nitrogens with one attached hydrogen (secondary N) is 2. The van der Waals surface area contributed by atoms with Crippen LogP contribution in [0.25, 0.3) is 0 Å². The molecule has 0 aliphatic carbocycles. The molecule has 2 fully saturated rings. The maximum Gasteiger partial charge on any atom is 0.191 e. The number of aliphatic imine (C=N–C) groups is 1. The molecule has 0 amide bonds. The van der Waals surface area contributed by atoms with Gasteiger partial charge in [0.25, 0.3) is 0 Å². The van der Waals surface area contributed by atoms with Crippen molar-refractivity contribution in [2.45, 2.75) is 44.6 Å². The fourth-order valence-corrected chi connectivity index (χ4v) is 4.06. The molecule has 172 valence electrons. The van der Waals surface area contributed by atoms with Crippen LogP contribution in [0.2, 0.25) is 0 Å². The molecule has 4 rings (SSSR count). The van der Waals surface area contributed by atoms with Gasteiger partial charge in [-0.25, -0.2) is 9.37 Å². The van der Waals surface area contributed by atoms with Crippen molar-refractivity contribution >= 4 is 11.8 Å². The third-order valence-electron chi connectivity index (χ3n) is 5.93. The predicted octanol–water partition coefficient (Wildman–Crippen LogP) is 2.86. The average molecular weight is 442 g/mol. The van der Waals surface area contributed by atoms with Gasteiger partial charge in [-0.15, -0.1) is 0 Å². The zero-order chi connectivity index (χ0) is 22.2. The number of nitrogens with zero attached hydrogens (tertiary/aromatic N) is 3. The Kier molecular flexibility index (Phi) is 7.90. The van der Waals surface area contributed by atoms with Crippen LogP contribution in [0.4, 0.5) is 10.2 Å². The minimum atomic E-state index is -0.280. The quantitative estimate of drug-likeness (QED) is 0.509. The van der Waals surface area contributed by atoms with Crippen molar-refractivity contribution in [3.05, 3.63) is 59.5 Å². The molecule has 1 atom stereocenters. The molecule has 3 heterocycles. The summed E-state index contributed by atoms with van der Waals surface area (Å²) in [6.45, 7) is 4.35. The van der Waals surface area contributed by atoms with E-state index >= 15 is 0 Å². The van der Waals surface area contributed by atoms with E-state index in [-0.39, 0.29) is 11.9 Å². The first kappa shape index (κ1) is 22.5. The van der Waals surface area contributed by atoms with E-state index in [0.717, 1.165) is 45.0 Å². The lowest BCUT2D eigenvalue weighted by Crippen LogP contribution is -2.44. The second kappa shape index (κ2) is 11.2. The van der Waals surface area contributed by atoms with E-state index in [2.05, 4.69) is 44.9 Å². The van der Waals surface area contributed by atoms with Crippen molar-refractivity contribution in [3.8, 4) is 0 Å². The van der Waals surface area contributed by atoms with Crippen LogP contribution in [0.1, 0.15) is 30.4 Å². The standard InChI is InChI=1S/C24H32FN5O2/c1-26-24(29-20-8-12-30(16-20)23-22(25)3-2-11-27-23)28-15-18-4-6-19(7-5-18)17-32-21-9-13-31-14-10-21/h2-7,11,20-21H,8-10,12-17H2,1H3,(H2,26,28,29). The Hall–Kier alpha value is -2.71. The second-order valence-electron chi connectivity index (χ2n) is 8.25. The summed E-state index contributed by atoms with van der Waals surface area (Å²) in [6, 6.07) is 11.7. The zero-order valence-corrected chi connectivity index (χ0v) is 18.6. The van der Waals surface area contributed by atoms with E-state index in [1.54, 1.807) is 19.3 Å². The molecule has 0 saturated carbocycles. The van der Waals surface area contributed by atoms with Crippen LogP contribution in [0.5, 0.6) is 0 Å². The largest absolute Gasteiger partial charge is 0.381 e. The third kappa shape index (κ3) is 6.17. The number of hydrogen-bond acceptors (Lipinski definition) is 5. The summed E-state index contributed by atoms with van der Waals surface area (Å²) in [7, 11) is 1.76. The van der Waals surface area contributed by atoms with Gasteiger partial charge in [0.2, 0.25) is 0 Å². The summed E-state index contributed by atoms with van der Waals surface area (Å²) in [4.78, 5) is 10.5. The second-order valence-corrected chi connectivity index (χ2v) is 8.25. The maximum atomic E-state index is 14.0. The Bertz CT molecular complexity index is 886. The lowest BCUT2D eigenvalue weighted by molar-refractivity contribution is -0.0390. The Balaban J connectivity index is 1.21. The molecule has 2 saturated heterocycles. The highest BCUT2D eigenvalue weighted by Crippen LogP contribution is 2.20. The minimum Gasteiger partial charge on any atom is -0.381 e. The van der Waals surface area contributed by atoms with E-state index in [9.17, 15) is 4.39 Å². The van der Waals surface area contributed by atoms with Crippen LogP contribution >= 0.6 is 0 Å². The summed E-state index contributed by atoms with van der Waals surface area (Å²) in [6.07, 6.45) is 4.79. The Morgan fingerprint density at radius 3 is 2.72 bits per heavy atom. The fourth-order valence-electron chi connectivity index (χ4n) is 4.06. The van der Waals surface area contributed by atoms with Crippen LogP contribution in [0, 0.1) is 5.82 Å². The number of halogens is 1. The van der Waals surface area contributed by atoms with E-state index in [1.165, 1.54) is 17.2 Å². The first-order valence-electron chi connectivity index (χ1n) is 11.3. The minimum absolute atomic E-state index is 0.187. The van der Waals surface area contributed by atoms with Crippen LogP contribution < -0.4 is 15.5 Å². The topological polar surface area (TPSA) is 71.0 Å². The van der Waals surface area contributed by atoms with Gasteiger partial charge in [-0.05, 0) is 42.5 Å². The molecule has 7 nitrogen and oxygen atoms in total. The van der Waals surface area contributed by atoms with E-state index in [0.29, 0.717) is 31.6 Å². The molecular weight excluding hydrogens is 409 g/mol. The maximum absolute atomic E-state index is 14.0. The van der Waals surface area contributed by atoms with Crippen molar-refractivity contribution in [1.29, 1.82) is 0 Å². The predicted molar refractivity (Wildman–Crippen MR) is 123 cm³/mol. The summed E-state index contributed by atoms with van der Waals surface area (Å²) >= 11 is 0. The molecule has 0 radical (unpaired) electrons. The summed E-state index contributed by atoms with van der Waals surface area (Å²) < 4.78 is 25.4. The van der Waals surface area contributed by atoms with Gasteiger partial charge in [0.1, 0.15) is 0 Å². The molecular formula is C24H32FN5O2. The molecule has 2 N–H and O–H groups in total. The molecule has 1 aromatic carbocycles. The van der Waals surface area contributed by atoms with Gasteiger partial charge in [0, 0.05) is 52.1 Å². The van der Waals surface area contributed by atoms with Gasteiger partial charge in [0.15, 0.2) is 17.6 Å². The van der Waals surface area contributed by atoms with Gasteiger partial charge in [-0.1, -0.05) is 24.3 Å². The Morgan fingerprint density at radius 2 is 1.97 bits per heavy atom. The van der Waals surface area contributed by atoms with Gasteiger partial charge in [0.05, 0.1) is 12.7 Å². The van der Waals surface area contributed by atoms with Crippen LogP contribution in [-0.2, 0) is 22.6 Å². The third-order valence-corrected chi connectivity index (χ3v) is 5.93. The summed E-state index contributed by atoms with van der Waals surface area (Å²) in [5.41, 5.74) is 2.35. The Labute approximate surface area is 189 Å². The molecule has 2 aliphatic heterocycles. The molecule has 2 aromatic rings. The first-order valence-corrected chi connectivity index (χ1v) is 11.3. The average Bonchev–Trinajstić information content (AvgIpc) is 3.30. The first-order chi connectivity index (χ1) is 15.7. The normalized spacial score (nSPS) is 19.9. The number of guanidine groups is 1. The van der Waals surface area contributed by atoms with Crippen molar-refractivity contribution in [3.63, 3.8) is 0 Å². The van der Waals surface area contributed by atoms with Crippen LogP contribution in [0.3, 0.4) is 0 Å². The number of rotatable bonds is 7. The van der Waals surface area contributed by atoms with Gasteiger partial charge >= 0.3 is 0 Å². The number of pyridine rings is 1. The van der Waals surface area contributed by atoms with Crippen molar-refractivity contribution in [2.24, 2.45) is 4.99 Å². The van der Waals surface area contributed by atoms with Crippen LogP contribution in [0.15, 0.2) is 47.6 Å². The number of benzene rings is 1. The summed E-state index contributed by atoms with van der Waals surface area (Å²) in [5, 5.41) is 6.81. The lowest BCUT2D eigenvalue weighted by atomic mass is 10.1. The highest BCUT2D eigenvalue weighted by Gasteiger charge is 2.25. The zero-order valence-electron chi connectivity index (χ0n) is 18.6. The number of ether oxygens (including phenoxy) is 2. The van der Waals surface area contributed by atoms with E-state index in [4.69, 9.17) is 9.47 Å².